The van der Waals surface area contributed by atoms with E-state index in [9.17, 15) is 84.8 Å². The molecule has 0 aliphatic rings. The van der Waals surface area contributed by atoms with Gasteiger partial charge in [-0.25, -0.2) is 0 Å². The smallest absolute Gasteiger partial charge is 0.358 e. The second kappa shape index (κ2) is 11.8. The Balaban J connectivity index is 2.53. The maximum atomic E-state index is 14.4. The molecule has 254 valence electrons. The molecule has 0 fully saturated rings. The highest BCUT2D eigenvalue weighted by Gasteiger charge is 2.95. The molecule has 4 nitrogen and oxygen atoms in total. The van der Waals surface area contributed by atoms with E-state index in [2.05, 4.69) is 0 Å². The lowest BCUT2D eigenvalue weighted by Gasteiger charge is -2.43. The van der Waals surface area contributed by atoms with E-state index in [1.807, 2.05) is 0 Å². The third kappa shape index (κ3) is 5.98. The molecule has 0 saturated heterocycles. The van der Waals surface area contributed by atoms with Crippen LogP contribution >= 0.6 is 0 Å². The summed E-state index contributed by atoms with van der Waals surface area (Å²) in [7, 11) is 0. The van der Waals surface area contributed by atoms with E-state index in [0.717, 1.165) is 24.3 Å². The number of alkyl halides is 17. The molecule has 0 heterocycles. The van der Waals surface area contributed by atoms with Crippen LogP contribution in [0, 0.1) is 10.1 Å². The van der Waals surface area contributed by atoms with Crippen LogP contribution in [0.1, 0.15) is 17.5 Å². The van der Waals surface area contributed by atoms with E-state index in [4.69, 9.17) is 4.74 Å². The third-order valence-corrected chi connectivity index (χ3v) is 6.38. The van der Waals surface area contributed by atoms with Gasteiger partial charge in [-0.3, -0.25) is 10.1 Å². The number of nitrogens with zero attached hydrogens (tertiary/aromatic N) is 1. The van der Waals surface area contributed by atoms with Crippen LogP contribution in [-0.2, 0) is 10.3 Å². The van der Waals surface area contributed by atoms with Crippen molar-refractivity contribution in [1.82, 2.24) is 0 Å². The van der Waals surface area contributed by atoms with Gasteiger partial charge in [-0.2, -0.15) is 74.6 Å². The predicted octanol–water partition coefficient (Wildman–Crippen LogP) is 8.62. The van der Waals surface area contributed by atoms with Crippen molar-refractivity contribution in [2.75, 3.05) is 13.2 Å². The average molecular weight is 689 g/mol. The predicted molar refractivity (Wildman–Crippen MR) is 117 cm³/mol. The van der Waals surface area contributed by atoms with Crippen LogP contribution < -0.4 is 0 Å². The lowest BCUT2D eigenvalue weighted by Crippen LogP contribution is -2.74. The van der Waals surface area contributed by atoms with Crippen molar-refractivity contribution >= 4 is 0 Å². The molecule has 2 aromatic carbocycles. The summed E-state index contributed by atoms with van der Waals surface area (Å²) in [6.45, 7) is -3.40. The van der Waals surface area contributed by atoms with Gasteiger partial charge in [0, 0.05) is 11.3 Å². The molecule has 0 amide bonds. The maximum Gasteiger partial charge on any atom is 0.460 e. The largest absolute Gasteiger partial charge is 0.460 e. The normalized spacial score (nSPS) is 14.9. The summed E-state index contributed by atoms with van der Waals surface area (Å²) in [6, 6.07) is 11.9. The summed E-state index contributed by atoms with van der Waals surface area (Å²) in [5, 5.41) is 11.4. The molecule has 0 aliphatic heterocycles. The fourth-order valence-corrected chi connectivity index (χ4v) is 3.86. The Morgan fingerprint density at radius 3 is 1.20 bits per heavy atom. The zero-order valence-corrected chi connectivity index (χ0v) is 21.5. The zero-order chi connectivity index (χ0) is 35.1. The highest BCUT2D eigenvalue weighted by Crippen LogP contribution is 2.64. The summed E-state index contributed by atoms with van der Waals surface area (Å²) in [6.07, 6.45) is -10.7. The Kier molecular flexibility index (Phi) is 9.88. The van der Waals surface area contributed by atoms with Gasteiger partial charge in [-0.05, 0) is 11.1 Å². The molecule has 0 aliphatic carbocycles. The molecule has 0 N–H and O–H groups in total. The first kappa shape index (κ1) is 37.8. The molecule has 0 unspecified atom stereocenters. The van der Waals surface area contributed by atoms with Crippen molar-refractivity contribution in [2.24, 2.45) is 0 Å². The van der Waals surface area contributed by atoms with Crippen LogP contribution in [-0.4, -0.2) is 65.7 Å². The quantitative estimate of drug-likeness (QED) is 0.113. The molecule has 0 spiro atoms. The van der Waals surface area contributed by atoms with E-state index in [1.54, 1.807) is 0 Å². The van der Waals surface area contributed by atoms with Gasteiger partial charge in [-0.15, -0.1) is 0 Å². The second-order valence-electron chi connectivity index (χ2n) is 9.30. The maximum absolute atomic E-state index is 14.4. The highest BCUT2D eigenvalue weighted by atomic mass is 19.4. The Labute approximate surface area is 239 Å². The lowest BCUT2D eigenvalue weighted by atomic mass is 9.85. The summed E-state index contributed by atoms with van der Waals surface area (Å²) >= 11 is 0. The molecule has 0 aromatic heterocycles. The molecule has 0 bridgehead atoms. The molecule has 2 rings (SSSR count). The van der Waals surface area contributed by atoms with Gasteiger partial charge in [0.05, 0.1) is 6.61 Å². The Morgan fingerprint density at radius 2 is 0.867 bits per heavy atom. The number of rotatable bonds is 14. The molecule has 45 heavy (non-hydrogen) atoms. The van der Waals surface area contributed by atoms with Crippen molar-refractivity contribution in [3.8, 4) is 0 Å². The van der Waals surface area contributed by atoms with Crippen LogP contribution in [0.25, 0.3) is 0 Å². The molecule has 0 saturated carbocycles. The standard InChI is InChI=1S/C24H16F17NO3/c25-17(26,11-12-45-16(13-42(43)44,14-7-3-1-4-8-14)15-9-5-2-6-10-15)18(27,28)19(29,30)20(31,32)21(33,34)22(35,36)23(37,38)24(39,40)41/h1-10H,11-13H2. The topological polar surface area (TPSA) is 52.4 Å². The fourth-order valence-electron chi connectivity index (χ4n) is 3.86. The Bertz CT molecular complexity index is 1280. The van der Waals surface area contributed by atoms with Crippen molar-refractivity contribution < 1.29 is 84.3 Å². The van der Waals surface area contributed by atoms with E-state index >= 15 is 0 Å². The first-order valence-electron chi connectivity index (χ1n) is 11.7. The first-order chi connectivity index (χ1) is 20.1. The first-order valence-corrected chi connectivity index (χ1v) is 11.7. The van der Waals surface area contributed by atoms with Gasteiger partial charge in [0.1, 0.15) is 0 Å². The fraction of sp³-hybridized carbons (Fsp3) is 0.500. The van der Waals surface area contributed by atoms with Gasteiger partial charge < -0.3 is 4.74 Å². The minimum Gasteiger partial charge on any atom is -0.358 e. The number of hydrogen-bond acceptors (Lipinski definition) is 3. The zero-order valence-electron chi connectivity index (χ0n) is 21.5. The monoisotopic (exact) mass is 689 g/mol. The molecule has 0 radical (unpaired) electrons. The van der Waals surface area contributed by atoms with Crippen LogP contribution in [0.3, 0.4) is 0 Å². The second-order valence-corrected chi connectivity index (χ2v) is 9.30. The molecular formula is C24H16F17NO3. The summed E-state index contributed by atoms with van der Waals surface area (Å²) in [4.78, 5) is 10.4. The van der Waals surface area contributed by atoms with Gasteiger partial charge in [0.15, 0.2) is 5.60 Å². The lowest BCUT2D eigenvalue weighted by molar-refractivity contribution is -0.501. The minimum atomic E-state index is -8.74. The van der Waals surface area contributed by atoms with E-state index in [-0.39, 0.29) is 11.1 Å². The van der Waals surface area contributed by atoms with Gasteiger partial charge in [-0.1, -0.05) is 60.7 Å². The molecule has 21 heteroatoms. The third-order valence-electron chi connectivity index (χ3n) is 6.38. The van der Waals surface area contributed by atoms with E-state index < -0.39 is 77.7 Å². The van der Waals surface area contributed by atoms with E-state index in [0.29, 0.717) is 0 Å². The van der Waals surface area contributed by atoms with Crippen LogP contribution in [0.5, 0.6) is 0 Å². The SMILES string of the molecule is O=[N+]([O-])CC(OCCC(F)(F)C(F)(F)C(F)(F)C(F)(F)C(F)(F)C(F)(F)C(F)(F)C(F)(F)F)(c1ccccc1)c1ccccc1. The summed E-state index contributed by atoms with van der Waals surface area (Å²) in [5.41, 5.74) is -2.98. The van der Waals surface area contributed by atoms with Crippen molar-refractivity contribution in [2.45, 2.75) is 59.7 Å². The number of ether oxygens (including phenoxy) is 1. The number of nitro groups is 1. The number of benzene rings is 2. The van der Waals surface area contributed by atoms with Gasteiger partial charge >= 0.3 is 47.6 Å². The highest BCUT2D eigenvalue weighted by molar-refractivity contribution is 5.36. The number of hydrogen-bond donors (Lipinski definition) is 0. The summed E-state index contributed by atoms with van der Waals surface area (Å²) in [5.74, 6) is -57.3. The Morgan fingerprint density at radius 1 is 0.533 bits per heavy atom. The minimum absolute atomic E-state index is 0.243. The Hall–Kier alpha value is -3.39. The average Bonchev–Trinajstić information content (AvgIpc) is 2.91. The van der Waals surface area contributed by atoms with Crippen LogP contribution in [0.2, 0.25) is 0 Å². The number of halogens is 17. The van der Waals surface area contributed by atoms with E-state index in [1.165, 1.54) is 36.4 Å². The van der Waals surface area contributed by atoms with Gasteiger partial charge in [0.2, 0.25) is 6.54 Å². The van der Waals surface area contributed by atoms with Crippen LogP contribution in [0.15, 0.2) is 60.7 Å². The summed E-state index contributed by atoms with van der Waals surface area (Å²) < 4.78 is 235. The van der Waals surface area contributed by atoms with Crippen molar-refractivity contribution in [3.05, 3.63) is 81.9 Å². The molecule has 0 atom stereocenters. The van der Waals surface area contributed by atoms with Crippen molar-refractivity contribution in [1.29, 1.82) is 0 Å². The van der Waals surface area contributed by atoms with Crippen molar-refractivity contribution in [3.63, 3.8) is 0 Å². The van der Waals surface area contributed by atoms with Gasteiger partial charge in [0.25, 0.3) is 0 Å². The van der Waals surface area contributed by atoms with Crippen LogP contribution in [0.4, 0.5) is 74.6 Å². The molecule has 2 aromatic rings. The molecular weight excluding hydrogens is 673 g/mol.